The van der Waals surface area contributed by atoms with Gasteiger partial charge in [-0.2, -0.15) is 0 Å². The molecule has 7 rings (SSSR count). The van der Waals surface area contributed by atoms with Crippen molar-refractivity contribution in [2.45, 2.75) is 26.2 Å². The van der Waals surface area contributed by atoms with Crippen LogP contribution in [-0.4, -0.2) is 16.5 Å². The topological polar surface area (TPSA) is 83.8 Å². The number of nitrogens with zero attached hydrogens (tertiary/aromatic N) is 1. The summed E-state index contributed by atoms with van der Waals surface area (Å²) in [7, 11) is -4.10. The molecule has 2 heterocycles. The van der Waals surface area contributed by atoms with E-state index in [1.807, 2.05) is 77.4 Å². The fraction of sp³-hybridized carbons (Fsp3) is 0.100. The summed E-state index contributed by atoms with van der Waals surface area (Å²) in [5, 5.41) is 1.60. The molecule has 7 nitrogen and oxygen atoms in total. The lowest BCUT2D eigenvalue weighted by Crippen LogP contribution is -2.27. The number of fused-ring (bicyclic) bond motifs is 6. The zero-order valence-corrected chi connectivity index (χ0v) is 27.6. The molecule has 0 radical (unpaired) electrons. The van der Waals surface area contributed by atoms with Crippen LogP contribution in [0.1, 0.15) is 26.3 Å². The molecule has 0 spiro atoms. The number of ether oxygens (including phenoxy) is 2. The molecule has 0 saturated heterocycles. The molecule has 1 aromatic heterocycles. The number of hydrogen-bond acceptors (Lipinski definition) is 6. The molecule has 0 amide bonds. The number of esters is 2. The van der Waals surface area contributed by atoms with Gasteiger partial charge in [-0.05, 0) is 52.9 Å². The molecule has 1 aliphatic rings. The number of benzene rings is 5. The molecule has 238 valence electrons. The van der Waals surface area contributed by atoms with Gasteiger partial charge in [0.2, 0.25) is 0 Å². The maximum Gasteiger partial charge on any atom is 0.335 e. The summed E-state index contributed by atoms with van der Waals surface area (Å²) >= 11 is 0. The van der Waals surface area contributed by atoms with Gasteiger partial charge in [-0.1, -0.05) is 94.6 Å². The highest BCUT2D eigenvalue weighted by Gasteiger charge is 2.42. The second-order valence-electron chi connectivity index (χ2n) is 12.5. The minimum absolute atomic E-state index is 0.0246. The summed E-state index contributed by atoms with van der Waals surface area (Å²) in [4.78, 5) is 26.1. The summed E-state index contributed by atoms with van der Waals surface area (Å²) in [6, 6.07) is 31.8. The monoisotopic (exact) mass is 653 g/mol. The zero-order chi connectivity index (χ0) is 33.8. The summed E-state index contributed by atoms with van der Waals surface area (Å²) < 4.78 is 36.2. The van der Waals surface area contributed by atoms with E-state index in [0.717, 1.165) is 40.0 Å². The van der Waals surface area contributed by atoms with Crippen molar-refractivity contribution >= 4 is 51.7 Å². The Bertz CT molecular complexity index is 2360. The Morgan fingerprint density at radius 2 is 1.42 bits per heavy atom. The first-order chi connectivity index (χ1) is 23.0. The van der Waals surface area contributed by atoms with Gasteiger partial charge in [0.15, 0.2) is 11.5 Å². The highest BCUT2D eigenvalue weighted by Crippen LogP contribution is 2.57. The highest BCUT2D eigenvalue weighted by molar-refractivity contribution is 7.75. The van der Waals surface area contributed by atoms with Crippen molar-refractivity contribution in [2.24, 2.45) is 0 Å². The number of carbonyl (C=O) groups is 2. The molecule has 1 aliphatic heterocycles. The number of aromatic nitrogens is 1. The maximum absolute atomic E-state index is 15.7. The number of rotatable bonds is 6. The molecule has 0 bridgehead atoms. The molecule has 8 heteroatoms. The first-order valence-electron chi connectivity index (χ1n) is 15.4. The van der Waals surface area contributed by atoms with Crippen molar-refractivity contribution in [3.63, 3.8) is 0 Å². The van der Waals surface area contributed by atoms with Crippen LogP contribution in [-0.2, 0) is 19.6 Å². The Kier molecular flexibility index (Phi) is 7.45. The molecule has 48 heavy (non-hydrogen) atoms. The predicted octanol–water partition coefficient (Wildman–Crippen LogP) is 8.55. The standard InChI is InChI=1S/C40H32NO6P/c1-6-35(42)45-32-24-34(48(44)33-20-14-12-18-28(33)27-17-11-13-19-31(27)47-48)39(46-36(43)7-2)37-29-23-25(40(3,4)5)21-22-30(29)41(38(32)37)26-15-9-8-10-16-26/h6-24H,1-2H2,3-5H3. The summed E-state index contributed by atoms with van der Waals surface area (Å²) in [6.45, 7) is 13.6. The van der Waals surface area contributed by atoms with Crippen LogP contribution in [0.5, 0.6) is 17.2 Å². The molecular formula is C40H32NO6P. The predicted molar refractivity (Wildman–Crippen MR) is 191 cm³/mol. The van der Waals surface area contributed by atoms with E-state index >= 15 is 4.57 Å². The number of hydrogen-bond donors (Lipinski definition) is 0. The molecule has 0 saturated carbocycles. The minimum atomic E-state index is -4.10. The van der Waals surface area contributed by atoms with Crippen molar-refractivity contribution in [1.82, 2.24) is 4.57 Å². The average Bonchev–Trinajstić information content (AvgIpc) is 3.44. The lowest BCUT2D eigenvalue weighted by molar-refractivity contribution is -0.129. The van der Waals surface area contributed by atoms with E-state index in [1.165, 1.54) is 6.07 Å². The zero-order valence-electron chi connectivity index (χ0n) is 26.7. The minimum Gasteiger partial charge on any atom is -0.436 e. The van der Waals surface area contributed by atoms with Gasteiger partial charge >= 0.3 is 19.3 Å². The first-order valence-corrected chi connectivity index (χ1v) is 17.1. The Labute approximate surface area is 278 Å². The molecule has 0 N–H and O–H groups in total. The average molecular weight is 654 g/mol. The van der Waals surface area contributed by atoms with E-state index in [1.54, 1.807) is 24.3 Å². The molecule has 0 aliphatic carbocycles. The van der Waals surface area contributed by atoms with E-state index in [0.29, 0.717) is 27.3 Å². The number of para-hydroxylation sites is 2. The third kappa shape index (κ3) is 4.95. The second kappa shape index (κ2) is 11.5. The van der Waals surface area contributed by atoms with Gasteiger partial charge in [-0.15, -0.1) is 0 Å². The van der Waals surface area contributed by atoms with E-state index < -0.39 is 19.3 Å². The largest absolute Gasteiger partial charge is 0.436 e. The molecular weight excluding hydrogens is 621 g/mol. The summed E-state index contributed by atoms with van der Waals surface area (Å²) in [5.41, 5.74) is 4.22. The number of carbonyl (C=O) groups excluding carboxylic acids is 2. The summed E-state index contributed by atoms with van der Waals surface area (Å²) in [6.07, 6.45) is 2.12. The highest BCUT2D eigenvalue weighted by atomic mass is 31.2. The van der Waals surface area contributed by atoms with Crippen molar-refractivity contribution in [3.8, 4) is 34.1 Å². The molecule has 5 aromatic carbocycles. The fourth-order valence-electron chi connectivity index (χ4n) is 6.24. The van der Waals surface area contributed by atoms with Crippen molar-refractivity contribution in [3.05, 3.63) is 134 Å². The van der Waals surface area contributed by atoms with Crippen LogP contribution < -0.4 is 24.6 Å². The van der Waals surface area contributed by atoms with Crippen molar-refractivity contribution < 1.29 is 28.2 Å². The second-order valence-corrected chi connectivity index (χ2v) is 14.8. The lowest BCUT2D eigenvalue weighted by atomic mass is 9.86. The van der Waals surface area contributed by atoms with Gasteiger partial charge < -0.3 is 18.6 Å². The van der Waals surface area contributed by atoms with E-state index in [2.05, 4.69) is 33.9 Å². The Morgan fingerprint density at radius 1 is 0.771 bits per heavy atom. The molecule has 6 aromatic rings. The van der Waals surface area contributed by atoms with Crippen LogP contribution in [0.25, 0.3) is 38.6 Å². The van der Waals surface area contributed by atoms with E-state index in [-0.39, 0.29) is 22.2 Å². The Hall–Kier alpha value is -5.65. The van der Waals surface area contributed by atoms with Gasteiger partial charge in [0, 0.05) is 34.9 Å². The first kappa shape index (κ1) is 31.0. The SMILES string of the molecule is C=CC(=O)Oc1c(P2(=O)Oc3ccccc3-c3ccccc32)cc(OC(=O)C=C)c2c1c1cc(C(C)(C)C)ccc1n2-c1ccccc1. The molecule has 1 unspecified atom stereocenters. The smallest absolute Gasteiger partial charge is 0.335 e. The summed E-state index contributed by atoms with van der Waals surface area (Å²) in [5.74, 6) is -0.940. The van der Waals surface area contributed by atoms with Gasteiger partial charge in [-0.3, -0.25) is 4.57 Å². The Morgan fingerprint density at radius 3 is 2.12 bits per heavy atom. The van der Waals surface area contributed by atoms with Crippen molar-refractivity contribution in [2.75, 3.05) is 0 Å². The van der Waals surface area contributed by atoms with Crippen LogP contribution in [0.4, 0.5) is 0 Å². The third-order valence-electron chi connectivity index (χ3n) is 8.50. The van der Waals surface area contributed by atoms with Crippen LogP contribution in [0.2, 0.25) is 0 Å². The van der Waals surface area contributed by atoms with Crippen LogP contribution in [0.3, 0.4) is 0 Å². The van der Waals surface area contributed by atoms with E-state index in [4.69, 9.17) is 14.0 Å². The maximum atomic E-state index is 15.7. The van der Waals surface area contributed by atoms with Crippen LogP contribution in [0.15, 0.2) is 128 Å². The fourth-order valence-corrected chi connectivity index (χ4v) is 8.64. The normalized spacial score (nSPS) is 15.2. The van der Waals surface area contributed by atoms with Crippen molar-refractivity contribution in [1.29, 1.82) is 0 Å². The van der Waals surface area contributed by atoms with Gasteiger partial charge in [0.25, 0.3) is 0 Å². The molecule has 0 fully saturated rings. The van der Waals surface area contributed by atoms with Gasteiger partial charge in [0.1, 0.15) is 11.3 Å². The third-order valence-corrected chi connectivity index (χ3v) is 10.9. The van der Waals surface area contributed by atoms with E-state index in [9.17, 15) is 9.59 Å². The lowest BCUT2D eigenvalue weighted by Gasteiger charge is -2.30. The van der Waals surface area contributed by atoms with Gasteiger partial charge in [0.05, 0.1) is 21.5 Å². The quantitative estimate of drug-likeness (QED) is 0.0776. The molecule has 1 atom stereocenters. The van der Waals surface area contributed by atoms with Crippen LogP contribution in [0, 0.1) is 0 Å². The van der Waals surface area contributed by atoms with Crippen LogP contribution >= 0.6 is 7.37 Å². The Balaban J connectivity index is 1.70. The van der Waals surface area contributed by atoms with Gasteiger partial charge in [-0.25, -0.2) is 9.59 Å².